The molecule has 0 bridgehead atoms. The number of hydrogen-bond acceptors (Lipinski definition) is 7. The van der Waals surface area contributed by atoms with E-state index in [1.807, 2.05) is 30.3 Å². The molecule has 0 aliphatic rings. The van der Waals surface area contributed by atoms with Gasteiger partial charge >= 0.3 is 11.9 Å². The van der Waals surface area contributed by atoms with Gasteiger partial charge in [-0.05, 0) is 18.9 Å². The van der Waals surface area contributed by atoms with E-state index < -0.39 is 42.4 Å². The number of carbonyl (C=O) groups excluding carboxylic acids is 3. The molecule has 2 amide bonds. The van der Waals surface area contributed by atoms with E-state index in [0.29, 0.717) is 5.75 Å². The van der Waals surface area contributed by atoms with E-state index in [1.165, 1.54) is 11.8 Å². The van der Waals surface area contributed by atoms with Crippen LogP contribution < -0.4 is 16.4 Å². The van der Waals surface area contributed by atoms with Crippen LogP contribution in [0, 0.1) is 0 Å². The number of carboxylic acid groups (broad SMARTS) is 1. The molecule has 0 aliphatic carbocycles. The average Bonchev–Trinajstić information content (AvgIpc) is 2.70. The Morgan fingerprint density at radius 1 is 1.21 bits per heavy atom. The number of ether oxygens (including phenoxy) is 1. The van der Waals surface area contributed by atoms with Gasteiger partial charge in [0.05, 0.1) is 6.61 Å². The number of hydrogen-bond donors (Lipinski definition) is 4. The second-order valence-electron chi connectivity index (χ2n) is 6.13. The highest BCUT2D eigenvalue weighted by Gasteiger charge is 2.22. The van der Waals surface area contributed by atoms with Crippen LogP contribution in [0.4, 0.5) is 0 Å². The summed E-state index contributed by atoms with van der Waals surface area (Å²) >= 11 is 1.43. The average molecular weight is 426 g/mol. The Labute approximate surface area is 173 Å². The first-order valence-electron chi connectivity index (χ1n) is 9.16. The van der Waals surface area contributed by atoms with Gasteiger partial charge in [-0.2, -0.15) is 11.8 Å². The van der Waals surface area contributed by atoms with Gasteiger partial charge in [-0.25, -0.2) is 0 Å². The lowest BCUT2D eigenvalue weighted by atomic mass is 10.1. The predicted molar refractivity (Wildman–Crippen MR) is 109 cm³/mol. The van der Waals surface area contributed by atoms with E-state index in [9.17, 15) is 19.2 Å². The summed E-state index contributed by atoms with van der Waals surface area (Å²) in [7, 11) is 0. The number of aliphatic carboxylic acids is 1. The zero-order chi connectivity index (χ0) is 21.6. The minimum atomic E-state index is -1.18. The molecule has 0 aliphatic heterocycles. The number of carbonyl (C=O) groups is 4. The molecule has 0 aromatic heterocycles. The molecule has 160 valence electrons. The third kappa shape index (κ3) is 10.5. The number of nitrogens with one attached hydrogen (secondary N) is 2. The molecular weight excluding hydrogens is 398 g/mol. The lowest BCUT2D eigenvalue weighted by Crippen LogP contribution is -2.49. The van der Waals surface area contributed by atoms with E-state index in [4.69, 9.17) is 15.6 Å². The minimum absolute atomic E-state index is 0.0634. The van der Waals surface area contributed by atoms with Gasteiger partial charge in [-0.15, -0.1) is 0 Å². The molecule has 2 unspecified atom stereocenters. The van der Waals surface area contributed by atoms with Gasteiger partial charge in [0.15, 0.2) is 0 Å². The normalized spacial score (nSPS) is 12.5. The van der Waals surface area contributed by atoms with E-state index >= 15 is 0 Å². The van der Waals surface area contributed by atoms with Crippen molar-refractivity contribution in [2.45, 2.75) is 37.6 Å². The number of esters is 1. The highest BCUT2D eigenvalue weighted by atomic mass is 32.2. The Kier molecular flexibility index (Phi) is 11.4. The van der Waals surface area contributed by atoms with E-state index in [0.717, 1.165) is 5.56 Å². The maximum Gasteiger partial charge on any atom is 0.322 e. The van der Waals surface area contributed by atoms with Crippen molar-refractivity contribution in [3.63, 3.8) is 0 Å². The van der Waals surface area contributed by atoms with Crippen LogP contribution in [0.15, 0.2) is 30.3 Å². The maximum absolute atomic E-state index is 12.3. The van der Waals surface area contributed by atoms with Crippen molar-refractivity contribution in [1.82, 2.24) is 10.6 Å². The third-order valence-corrected chi connectivity index (χ3v) is 4.84. The summed E-state index contributed by atoms with van der Waals surface area (Å²) in [5.74, 6) is -1.92. The van der Waals surface area contributed by atoms with E-state index in [-0.39, 0.29) is 25.2 Å². The fourth-order valence-electron chi connectivity index (χ4n) is 2.26. The Morgan fingerprint density at radius 2 is 1.90 bits per heavy atom. The SMILES string of the molecule is CCOC(=O)C(N)CCC(=O)NC(CSCc1ccccc1)C(=O)NCC(=O)O. The van der Waals surface area contributed by atoms with Crippen molar-refractivity contribution in [2.75, 3.05) is 18.9 Å². The summed E-state index contributed by atoms with van der Waals surface area (Å²) in [6, 6.07) is 7.77. The van der Waals surface area contributed by atoms with Crippen LogP contribution in [0.25, 0.3) is 0 Å². The molecule has 0 saturated carbocycles. The largest absolute Gasteiger partial charge is 0.480 e. The molecule has 0 fully saturated rings. The van der Waals surface area contributed by atoms with E-state index in [1.54, 1.807) is 6.92 Å². The topological polar surface area (TPSA) is 148 Å². The lowest BCUT2D eigenvalue weighted by molar-refractivity contribution is -0.145. The summed E-state index contributed by atoms with van der Waals surface area (Å²) in [5.41, 5.74) is 6.73. The van der Waals surface area contributed by atoms with Gasteiger partial charge in [-0.1, -0.05) is 30.3 Å². The van der Waals surface area contributed by atoms with Crippen molar-refractivity contribution < 1.29 is 29.0 Å². The highest BCUT2D eigenvalue weighted by molar-refractivity contribution is 7.98. The lowest BCUT2D eigenvalue weighted by Gasteiger charge is -2.18. The zero-order valence-corrected chi connectivity index (χ0v) is 17.1. The molecular formula is C19H27N3O6S. The highest BCUT2D eigenvalue weighted by Crippen LogP contribution is 2.13. The van der Waals surface area contributed by atoms with Gasteiger partial charge in [-0.3, -0.25) is 19.2 Å². The van der Waals surface area contributed by atoms with Crippen LogP contribution in [-0.2, 0) is 29.7 Å². The van der Waals surface area contributed by atoms with Crippen molar-refractivity contribution in [3.8, 4) is 0 Å². The predicted octanol–water partition coefficient (Wildman–Crippen LogP) is 0.276. The van der Waals surface area contributed by atoms with Crippen LogP contribution in [0.5, 0.6) is 0 Å². The van der Waals surface area contributed by atoms with E-state index in [2.05, 4.69) is 10.6 Å². The third-order valence-electron chi connectivity index (χ3n) is 3.73. The van der Waals surface area contributed by atoms with Crippen molar-refractivity contribution in [1.29, 1.82) is 0 Å². The Bertz CT molecular complexity index is 686. The molecule has 0 saturated heterocycles. The van der Waals surface area contributed by atoms with Crippen molar-refractivity contribution in [3.05, 3.63) is 35.9 Å². The molecule has 0 spiro atoms. The molecule has 1 rings (SSSR count). The second-order valence-corrected chi connectivity index (χ2v) is 7.16. The Balaban J connectivity index is 2.57. The summed E-state index contributed by atoms with van der Waals surface area (Å²) in [6.07, 6.45) is 0.0112. The van der Waals surface area contributed by atoms with Crippen molar-refractivity contribution in [2.24, 2.45) is 5.73 Å². The molecule has 10 heteroatoms. The fourth-order valence-corrected chi connectivity index (χ4v) is 3.27. The van der Waals surface area contributed by atoms with Crippen LogP contribution in [0.2, 0.25) is 0 Å². The summed E-state index contributed by atoms with van der Waals surface area (Å²) in [5, 5.41) is 13.6. The second kappa shape index (κ2) is 13.6. The monoisotopic (exact) mass is 425 g/mol. The Hall–Kier alpha value is -2.59. The molecule has 1 aromatic rings. The number of carboxylic acids is 1. The standard InChI is InChI=1S/C19H27N3O6S/c1-2-28-19(27)14(20)8-9-16(23)22-15(18(26)21-10-17(24)25)12-29-11-13-6-4-3-5-7-13/h3-7,14-15H,2,8-12,20H2,1H3,(H,21,26)(H,22,23)(H,24,25). The number of benzene rings is 1. The molecule has 0 radical (unpaired) electrons. The smallest absolute Gasteiger partial charge is 0.322 e. The molecule has 9 nitrogen and oxygen atoms in total. The van der Waals surface area contributed by atoms with Crippen LogP contribution in [0.1, 0.15) is 25.3 Å². The number of amides is 2. The first-order valence-corrected chi connectivity index (χ1v) is 10.3. The Morgan fingerprint density at radius 3 is 2.52 bits per heavy atom. The number of nitrogens with two attached hydrogens (primary N) is 1. The van der Waals surface area contributed by atoms with Crippen LogP contribution in [0.3, 0.4) is 0 Å². The van der Waals surface area contributed by atoms with Crippen molar-refractivity contribution >= 4 is 35.5 Å². The van der Waals surface area contributed by atoms with Crippen LogP contribution >= 0.6 is 11.8 Å². The van der Waals surface area contributed by atoms with Gasteiger partial charge in [0.2, 0.25) is 11.8 Å². The number of rotatable bonds is 13. The molecule has 2 atom stereocenters. The maximum atomic E-state index is 12.3. The van der Waals surface area contributed by atoms with Gasteiger partial charge in [0, 0.05) is 17.9 Å². The first kappa shape index (κ1) is 24.4. The van der Waals surface area contributed by atoms with Gasteiger partial charge < -0.3 is 26.2 Å². The molecule has 1 aromatic carbocycles. The first-order chi connectivity index (χ1) is 13.8. The van der Waals surface area contributed by atoms with Gasteiger partial charge in [0.25, 0.3) is 0 Å². The van der Waals surface area contributed by atoms with Crippen LogP contribution in [-0.4, -0.2) is 59.8 Å². The summed E-state index contributed by atoms with van der Waals surface area (Å²) in [6.45, 7) is 1.32. The summed E-state index contributed by atoms with van der Waals surface area (Å²) < 4.78 is 4.79. The molecule has 5 N–H and O–H groups in total. The zero-order valence-electron chi connectivity index (χ0n) is 16.3. The quantitative estimate of drug-likeness (QED) is 0.329. The number of thioether (sulfide) groups is 1. The molecule has 29 heavy (non-hydrogen) atoms. The molecule has 0 heterocycles. The fraction of sp³-hybridized carbons (Fsp3) is 0.474. The van der Waals surface area contributed by atoms with Gasteiger partial charge in [0.1, 0.15) is 18.6 Å². The summed E-state index contributed by atoms with van der Waals surface area (Å²) in [4.78, 5) is 46.6. The minimum Gasteiger partial charge on any atom is -0.480 e.